The molecule has 6 nitrogen and oxygen atoms in total. The van der Waals surface area contributed by atoms with E-state index in [1.54, 1.807) is 29.2 Å². The van der Waals surface area contributed by atoms with Gasteiger partial charge < -0.3 is 15.3 Å². The smallest absolute Gasteiger partial charge is 0.307 e. The summed E-state index contributed by atoms with van der Waals surface area (Å²) in [5, 5.41) is 12.4. The highest BCUT2D eigenvalue weighted by Crippen LogP contribution is 2.48. The molecule has 30 heavy (non-hydrogen) atoms. The first kappa shape index (κ1) is 19.9. The molecule has 0 spiro atoms. The Bertz CT molecular complexity index is 984. The third-order valence-electron chi connectivity index (χ3n) is 6.08. The Labute approximate surface area is 175 Å². The summed E-state index contributed by atoms with van der Waals surface area (Å²) in [6, 6.07) is 16.2. The van der Waals surface area contributed by atoms with Crippen LogP contribution in [0.4, 0.5) is 11.4 Å². The van der Waals surface area contributed by atoms with Gasteiger partial charge in [0.15, 0.2) is 0 Å². The number of rotatable bonds is 6. The van der Waals surface area contributed by atoms with E-state index < -0.39 is 17.8 Å². The lowest BCUT2D eigenvalue weighted by Gasteiger charge is -2.24. The van der Waals surface area contributed by atoms with Crippen molar-refractivity contribution >= 4 is 29.2 Å². The number of carboxylic acids is 1. The van der Waals surface area contributed by atoms with Crippen molar-refractivity contribution < 1.29 is 19.5 Å². The second-order valence-corrected chi connectivity index (χ2v) is 7.79. The third-order valence-corrected chi connectivity index (χ3v) is 6.08. The zero-order valence-corrected chi connectivity index (χ0v) is 16.7. The van der Waals surface area contributed by atoms with Crippen molar-refractivity contribution in [3.8, 4) is 0 Å². The van der Waals surface area contributed by atoms with Gasteiger partial charge in [0.2, 0.25) is 5.91 Å². The van der Waals surface area contributed by atoms with E-state index in [1.165, 1.54) is 0 Å². The quantitative estimate of drug-likeness (QED) is 0.717. The van der Waals surface area contributed by atoms with E-state index in [0.717, 1.165) is 12.1 Å². The van der Waals surface area contributed by atoms with Gasteiger partial charge in [0.25, 0.3) is 5.91 Å². The Morgan fingerprint density at radius 3 is 2.20 bits per heavy atom. The summed E-state index contributed by atoms with van der Waals surface area (Å²) >= 11 is 0. The first-order valence-electron chi connectivity index (χ1n) is 10.2. The van der Waals surface area contributed by atoms with E-state index in [9.17, 15) is 19.5 Å². The maximum atomic E-state index is 12.9. The number of fused-ring (bicyclic) bond motifs is 2. The molecule has 154 valence electrons. The molecule has 0 aromatic heterocycles. The van der Waals surface area contributed by atoms with Crippen molar-refractivity contribution in [3.63, 3.8) is 0 Å². The van der Waals surface area contributed by atoms with Gasteiger partial charge in [0.1, 0.15) is 0 Å². The lowest BCUT2D eigenvalue weighted by molar-refractivity contribution is -0.146. The zero-order valence-electron chi connectivity index (χ0n) is 16.7. The monoisotopic (exact) mass is 404 g/mol. The summed E-state index contributed by atoms with van der Waals surface area (Å²) in [5.41, 5.74) is 1.90. The molecule has 4 rings (SSSR count). The molecule has 4 atom stereocenters. The van der Waals surface area contributed by atoms with E-state index in [-0.39, 0.29) is 23.7 Å². The molecule has 0 radical (unpaired) electrons. The molecular formula is C24H24N2O4. The van der Waals surface area contributed by atoms with Gasteiger partial charge >= 0.3 is 5.97 Å². The fourth-order valence-electron chi connectivity index (χ4n) is 4.65. The molecule has 2 aliphatic rings. The highest BCUT2D eigenvalue weighted by Gasteiger charge is 2.51. The molecule has 0 saturated heterocycles. The average molecular weight is 404 g/mol. The number of carboxylic acid groups (broad SMARTS) is 1. The number of carbonyl (C=O) groups is 3. The second-order valence-electron chi connectivity index (χ2n) is 7.79. The number of anilines is 2. The SMILES string of the molecule is CCN(C(=O)c1ccc(NC(=O)C2C3C=CC(C3)C2C(=O)O)cc1)c1ccccc1. The highest BCUT2D eigenvalue weighted by molar-refractivity contribution is 6.06. The van der Waals surface area contributed by atoms with Crippen LogP contribution in [0.5, 0.6) is 0 Å². The average Bonchev–Trinajstić information content (AvgIpc) is 3.37. The van der Waals surface area contributed by atoms with E-state index in [0.29, 0.717) is 17.8 Å². The van der Waals surface area contributed by atoms with Gasteiger partial charge in [-0.05, 0) is 61.6 Å². The molecular weight excluding hydrogens is 380 g/mol. The van der Waals surface area contributed by atoms with E-state index >= 15 is 0 Å². The fraction of sp³-hybridized carbons (Fsp3) is 0.292. The van der Waals surface area contributed by atoms with Crippen LogP contribution in [-0.2, 0) is 9.59 Å². The van der Waals surface area contributed by atoms with Crippen LogP contribution in [-0.4, -0.2) is 29.4 Å². The van der Waals surface area contributed by atoms with Crippen molar-refractivity contribution in [3.05, 3.63) is 72.3 Å². The Morgan fingerprint density at radius 1 is 0.967 bits per heavy atom. The Kier molecular flexibility index (Phi) is 5.40. The molecule has 4 unspecified atom stereocenters. The molecule has 0 heterocycles. The minimum absolute atomic E-state index is 0.0269. The number of amides is 2. The van der Waals surface area contributed by atoms with Gasteiger partial charge in [0.05, 0.1) is 11.8 Å². The maximum absolute atomic E-state index is 12.9. The van der Waals surface area contributed by atoms with Crippen LogP contribution in [0.25, 0.3) is 0 Å². The number of benzene rings is 2. The van der Waals surface area contributed by atoms with Crippen LogP contribution >= 0.6 is 0 Å². The number of allylic oxidation sites excluding steroid dienone is 2. The first-order chi connectivity index (χ1) is 14.5. The van der Waals surface area contributed by atoms with Gasteiger partial charge in [-0.3, -0.25) is 14.4 Å². The number of carbonyl (C=O) groups excluding carboxylic acids is 2. The lowest BCUT2D eigenvalue weighted by atomic mass is 9.82. The van der Waals surface area contributed by atoms with Crippen molar-refractivity contribution in [1.29, 1.82) is 0 Å². The molecule has 2 aromatic rings. The van der Waals surface area contributed by atoms with Crippen LogP contribution in [0.3, 0.4) is 0 Å². The molecule has 1 saturated carbocycles. The van der Waals surface area contributed by atoms with Crippen LogP contribution in [0.15, 0.2) is 66.7 Å². The summed E-state index contributed by atoms with van der Waals surface area (Å²) in [5.74, 6) is -2.66. The molecule has 2 aromatic carbocycles. The standard InChI is InChI=1S/C24H24N2O4/c1-2-26(19-6-4-3-5-7-19)23(28)15-10-12-18(13-11-15)25-22(27)20-16-8-9-17(14-16)21(20)24(29)30/h3-13,16-17,20-21H,2,14H2,1H3,(H,25,27)(H,29,30). The van der Waals surface area contributed by atoms with Crippen molar-refractivity contribution in [2.75, 3.05) is 16.8 Å². The largest absolute Gasteiger partial charge is 0.481 e. The van der Waals surface area contributed by atoms with Crippen molar-refractivity contribution in [2.45, 2.75) is 13.3 Å². The topological polar surface area (TPSA) is 86.7 Å². The van der Waals surface area contributed by atoms with Gasteiger partial charge in [-0.15, -0.1) is 0 Å². The predicted octanol–water partition coefficient (Wildman–Crippen LogP) is 3.81. The van der Waals surface area contributed by atoms with Gasteiger partial charge in [0, 0.05) is 23.5 Å². The Balaban J connectivity index is 1.46. The number of hydrogen-bond acceptors (Lipinski definition) is 3. The molecule has 2 amide bonds. The normalized spacial score (nSPS) is 23.9. The minimum Gasteiger partial charge on any atom is -0.481 e. The number of aliphatic carboxylic acids is 1. The second kappa shape index (κ2) is 8.14. The Morgan fingerprint density at radius 2 is 1.60 bits per heavy atom. The summed E-state index contributed by atoms with van der Waals surface area (Å²) in [7, 11) is 0. The lowest BCUT2D eigenvalue weighted by Crippen LogP contribution is -2.36. The van der Waals surface area contributed by atoms with Crippen molar-refractivity contribution in [1.82, 2.24) is 0 Å². The van der Waals surface area contributed by atoms with Crippen LogP contribution in [0.1, 0.15) is 23.7 Å². The molecule has 2 N–H and O–H groups in total. The molecule has 0 aliphatic heterocycles. The van der Waals surface area contributed by atoms with Gasteiger partial charge in [-0.1, -0.05) is 30.4 Å². The summed E-state index contributed by atoms with van der Waals surface area (Å²) in [6.07, 6.45) is 4.59. The van der Waals surface area contributed by atoms with Crippen LogP contribution in [0, 0.1) is 23.7 Å². The predicted molar refractivity (Wildman–Crippen MR) is 114 cm³/mol. The van der Waals surface area contributed by atoms with Crippen LogP contribution in [0.2, 0.25) is 0 Å². The summed E-state index contributed by atoms with van der Waals surface area (Å²) < 4.78 is 0. The van der Waals surface area contributed by atoms with Gasteiger partial charge in [-0.2, -0.15) is 0 Å². The molecule has 6 heteroatoms. The van der Waals surface area contributed by atoms with E-state index in [1.807, 2.05) is 49.4 Å². The maximum Gasteiger partial charge on any atom is 0.307 e. The molecule has 2 bridgehead atoms. The van der Waals surface area contributed by atoms with E-state index in [4.69, 9.17) is 0 Å². The molecule has 2 aliphatic carbocycles. The number of hydrogen-bond donors (Lipinski definition) is 2. The minimum atomic E-state index is -0.923. The molecule has 1 fully saturated rings. The van der Waals surface area contributed by atoms with Crippen LogP contribution < -0.4 is 10.2 Å². The summed E-state index contributed by atoms with van der Waals surface area (Å²) in [4.78, 5) is 39.0. The first-order valence-corrected chi connectivity index (χ1v) is 10.2. The van der Waals surface area contributed by atoms with E-state index in [2.05, 4.69) is 5.32 Å². The van der Waals surface area contributed by atoms with Gasteiger partial charge in [-0.25, -0.2) is 0 Å². The number of para-hydroxylation sites is 1. The zero-order chi connectivity index (χ0) is 21.3. The summed E-state index contributed by atoms with van der Waals surface area (Å²) in [6.45, 7) is 2.46. The highest BCUT2D eigenvalue weighted by atomic mass is 16.4. The number of nitrogens with zero attached hydrogens (tertiary/aromatic N) is 1. The van der Waals surface area contributed by atoms with Crippen molar-refractivity contribution in [2.24, 2.45) is 23.7 Å². The number of nitrogens with one attached hydrogen (secondary N) is 1. The Hall–Kier alpha value is -3.41. The third kappa shape index (κ3) is 3.61. The fourth-order valence-corrected chi connectivity index (χ4v) is 4.65.